The highest BCUT2D eigenvalue weighted by Gasteiger charge is 2.21. The SMILES string of the molecule is Cc1nn(Cc2c(Cl)cccc2Cl)c(Cl)c1/C=C/C(=O)OC(C)C(=O)Nc1ccccc1[N+](=O)[O-]. The normalized spacial score (nSPS) is 11.9. The van der Waals surface area contributed by atoms with Crippen molar-refractivity contribution in [3.05, 3.63) is 90.7 Å². The van der Waals surface area contributed by atoms with E-state index in [1.807, 2.05) is 0 Å². The van der Waals surface area contributed by atoms with Gasteiger partial charge in [-0.3, -0.25) is 14.9 Å². The number of hydrogen-bond donors (Lipinski definition) is 1. The molecule has 182 valence electrons. The van der Waals surface area contributed by atoms with Crippen molar-refractivity contribution in [1.29, 1.82) is 0 Å². The number of aryl methyl sites for hydroxylation is 1. The molecule has 9 nitrogen and oxygen atoms in total. The third-order valence-electron chi connectivity index (χ3n) is 4.89. The minimum absolute atomic E-state index is 0.00520. The highest BCUT2D eigenvalue weighted by atomic mass is 35.5. The number of carbonyl (C=O) groups excluding carboxylic acids is 2. The van der Waals surface area contributed by atoms with Gasteiger partial charge < -0.3 is 10.1 Å². The molecule has 3 aromatic rings. The Bertz CT molecular complexity index is 1300. The number of ether oxygens (including phenoxy) is 1. The van der Waals surface area contributed by atoms with Crippen molar-refractivity contribution in [2.24, 2.45) is 0 Å². The molecule has 1 unspecified atom stereocenters. The van der Waals surface area contributed by atoms with Crippen LogP contribution in [0.15, 0.2) is 48.5 Å². The lowest BCUT2D eigenvalue weighted by atomic mass is 10.2. The first-order chi connectivity index (χ1) is 16.6. The number of anilines is 1. The summed E-state index contributed by atoms with van der Waals surface area (Å²) >= 11 is 18.9. The number of hydrogen-bond acceptors (Lipinski definition) is 6. The van der Waals surface area contributed by atoms with Crippen molar-refractivity contribution in [2.75, 3.05) is 5.32 Å². The molecule has 1 atom stereocenters. The molecule has 0 saturated heterocycles. The van der Waals surface area contributed by atoms with Gasteiger partial charge in [-0.1, -0.05) is 53.0 Å². The first-order valence-electron chi connectivity index (χ1n) is 10.2. The van der Waals surface area contributed by atoms with Gasteiger partial charge in [0.05, 0.1) is 17.2 Å². The summed E-state index contributed by atoms with van der Waals surface area (Å²) < 4.78 is 6.61. The summed E-state index contributed by atoms with van der Waals surface area (Å²) in [5.41, 5.74) is 1.38. The maximum absolute atomic E-state index is 12.3. The van der Waals surface area contributed by atoms with Crippen molar-refractivity contribution in [3.8, 4) is 0 Å². The Balaban J connectivity index is 1.67. The Morgan fingerprint density at radius 2 is 1.83 bits per heavy atom. The second-order valence-corrected chi connectivity index (χ2v) is 8.50. The van der Waals surface area contributed by atoms with Crippen molar-refractivity contribution in [2.45, 2.75) is 26.5 Å². The molecule has 1 heterocycles. The summed E-state index contributed by atoms with van der Waals surface area (Å²) in [6.07, 6.45) is 1.32. The molecule has 0 spiro atoms. The third kappa shape index (κ3) is 6.39. The molecular weight excluding hydrogens is 519 g/mol. The molecule has 0 saturated carbocycles. The van der Waals surface area contributed by atoms with E-state index in [1.54, 1.807) is 25.1 Å². The third-order valence-corrected chi connectivity index (χ3v) is 5.99. The number of halogens is 3. The standard InChI is InChI=1S/C23H19Cl3N4O5/c1-13-15(22(26)29(28-13)12-16-17(24)6-5-7-18(16)25)10-11-21(31)35-14(2)23(32)27-19-8-3-4-9-20(19)30(33)34/h3-11,14H,12H2,1-2H3,(H,27,32)/b11-10+. The van der Waals surface area contributed by atoms with Crippen LogP contribution in [0, 0.1) is 17.0 Å². The van der Waals surface area contributed by atoms with E-state index < -0.39 is 22.9 Å². The van der Waals surface area contributed by atoms with Crippen LogP contribution in [0.25, 0.3) is 6.08 Å². The fourth-order valence-electron chi connectivity index (χ4n) is 3.09. The molecule has 0 aliphatic carbocycles. The van der Waals surface area contributed by atoms with Gasteiger partial charge in [-0.2, -0.15) is 5.10 Å². The van der Waals surface area contributed by atoms with E-state index in [9.17, 15) is 19.7 Å². The molecule has 1 N–H and O–H groups in total. The second kappa shape index (κ2) is 11.4. The predicted octanol–water partition coefficient (Wildman–Crippen LogP) is 5.69. The quantitative estimate of drug-likeness (QED) is 0.171. The molecule has 0 aliphatic rings. The lowest BCUT2D eigenvalue weighted by Crippen LogP contribution is -2.29. The minimum atomic E-state index is -1.21. The van der Waals surface area contributed by atoms with Gasteiger partial charge in [0.1, 0.15) is 10.8 Å². The largest absolute Gasteiger partial charge is 0.449 e. The maximum atomic E-state index is 12.3. The van der Waals surface area contributed by atoms with E-state index in [2.05, 4.69) is 10.4 Å². The first kappa shape index (κ1) is 26.2. The highest BCUT2D eigenvalue weighted by Crippen LogP contribution is 2.28. The van der Waals surface area contributed by atoms with Gasteiger partial charge >= 0.3 is 5.97 Å². The number of nitro groups is 1. The smallest absolute Gasteiger partial charge is 0.331 e. The van der Waals surface area contributed by atoms with Crippen LogP contribution in [-0.2, 0) is 20.9 Å². The zero-order chi connectivity index (χ0) is 25.7. The Kier molecular flexibility index (Phi) is 8.50. The first-order valence-corrected chi connectivity index (χ1v) is 11.3. The van der Waals surface area contributed by atoms with Gasteiger partial charge in [0.15, 0.2) is 6.10 Å². The lowest BCUT2D eigenvalue weighted by Gasteiger charge is -2.12. The van der Waals surface area contributed by atoms with E-state index in [0.717, 1.165) is 6.08 Å². The van der Waals surface area contributed by atoms with E-state index in [1.165, 1.54) is 41.9 Å². The van der Waals surface area contributed by atoms with Crippen molar-refractivity contribution in [3.63, 3.8) is 0 Å². The number of esters is 1. The van der Waals surface area contributed by atoms with Crippen molar-refractivity contribution < 1.29 is 19.2 Å². The summed E-state index contributed by atoms with van der Waals surface area (Å²) in [7, 11) is 0. The van der Waals surface area contributed by atoms with Gasteiger partial charge in [0.25, 0.3) is 11.6 Å². The van der Waals surface area contributed by atoms with Crippen LogP contribution in [-0.4, -0.2) is 32.7 Å². The fourth-order valence-corrected chi connectivity index (χ4v) is 3.90. The average molecular weight is 538 g/mol. The Labute approximate surface area is 215 Å². The number of nitrogens with one attached hydrogen (secondary N) is 1. The zero-order valence-corrected chi connectivity index (χ0v) is 20.8. The van der Waals surface area contributed by atoms with Gasteiger partial charge in [0, 0.05) is 33.3 Å². The Morgan fingerprint density at radius 3 is 2.49 bits per heavy atom. The Hall–Kier alpha value is -3.40. The summed E-state index contributed by atoms with van der Waals surface area (Å²) in [6, 6.07) is 10.8. The van der Waals surface area contributed by atoms with Gasteiger partial charge in [0.2, 0.25) is 0 Å². The number of nitro benzene ring substituents is 1. The number of nitrogens with zero attached hydrogens (tertiary/aromatic N) is 3. The molecular formula is C23H19Cl3N4O5. The van der Waals surface area contributed by atoms with Crippen LogP contribution >= 0.6 is 34.8 Å². The predicted molar refractivity (Wildman–Crippen MR) is 134 cm³/mol. The minimum Gasteiger partial charge on any atom is -0.449 e. The van der Waals surface area contributed by atoms with Gasteiger partial charge in [-0.25, -0.2) is 9.48 Å². The number of amides is 1. The number of aromatic nitrogens is 2. The molecule has 1 aromatic heterocycles. The number of benzene rings is 2. The summed E-state index contributed by atoms with van der Waals surface area (Å²) in [6.45, 7) is 3.28. The highest BCUT2D eigenvalue weighted by molar-refractivity contribution is 6.36. The molecule has 12 heteroatoms. The van der Waals surface area contributed by atoms with Crippen molar-refractivity contribution >= 4 is 64.1 Å². The molecule has 35 heavy (non-hydrogen) atoms. The summed E-state index contributed by atoms with van der Waals surface area (Å²) in [5, 5.41) is 19.0. The van der Waals surface area contributed by atoms with E-state index >= 15 is 0 Å². The van der Waals surface area contributed by atoms with Gasteiger partial charge in [-0.15, -0.1) is 0 Å². The van der Waals surface area contributed by atoms with Crippen LogP contribution < -0.4 is 5.32 Å². The molecule has 0 fully saturated rings. The average Bonchev–Trinajstić information content (AvgIpc) is 3.07. The van der Waals surface area contributed by atoms with Crippen LogP contribution in [0.2, 0.25) is 15.2 Å². The summed E-state index contributed by atoms with van der Waals surface area (Å²) in [4.78, 5) is 35.1. The lowest BCUT2D eigenvalue weighted by molar-refractivity contribution is -0.383. The molecule has 0 bridgehead atoms. The second-order valence-electron chi connectivity index (χ2n) is 7.32. The van der Waals surface area contributed by atoms with Crippen molar-refractivity contribution in [1.82, 2.24) is 9.78 Å². The number of carbonyl (C=O) groups is 2. The van der Waals surface area contributed by atoms with E-state index in [0.29, 0.717) is 26.9 Å². The number of para-hydroxylation sites is 2. The van der Waals surface area contributed by atoms with Gasteiger partial charge in [-0.05, 0) is 38.1 Å². The summed E-state index contributed by atoms with van der Waals surface area (Å²) in [5.74, 6) is -1.53. The topological polar surface area (TPSA) is 116 Å². The van der Waals surface area contributed by atoms with Crippen LogP contribution in [0.5, 0.6) is 0 Å². The molecule has 0 aliphatic heterocycles. The Morgan fingerprint density at radius 1 is 1.17 bits per heavy atom. The molecule has 2 aromatic carbocycles. The van der Waals surface area contributed by atoms with E-state index in [-0.39, 0.29) is 23.1 Å². The number of rotatable bonds is 8. The molecule has 1 amide bonds. The van der Waals surface area contributed by atoms with E-state index in [4.69, 9.17) is 39.5 Å². The molecule has 3 rings (SSSR count). The zero-order valence-electron chi connectivity index (χ0n) is 18.5. The fraction of sp³-hybridized carbons (Fsp3) is 0.174. The monoisotopic (exact) mass is 536 g/mol. The van der Waals surface area contributed by atoms with Crippen LogP contribution in [0.3, 0.4) is 0 Å². The van der Waals surface area contributed by atoms with Crippen LogP contribution in [0.1, 0.15) is 23.7 Å². The molecule has 0 radical (unpaired) electrons. The van der Waals surface area contributed by atoms with Crippen LogP contribution in [0.4, 0.5) is 11.4 Å². The maximum Gasteiger partial charge on any atom is 0.331 e.